The van der Waals surface area contributed by atoms with E-state index in [2.05, 4.69) is 15.5 Å². The van der Waals surface area contributed by atoms with Gasteiger partial charge in [-0.3, -0.25) is 0 Å². The van der Waals surface area contributed by atoms with Crippen LogP contribution in [0.5, 0.6) is 0 Å². The van der Waals surface area contributed by atoms with Gasteiger partial charge in [-0.1, -0.05) is 12.8 Å². The summed E-state index contributed by atoms with van der Waals surface area (Å²) in [5, 5.41) is 6.43. The summed E-state index contributed by atoms with van der Waals surface area (Å²) in [6.45, 7) is 0. The van der Waals surface area contributed by atoms with Crippen LogP contribution in [0.15, 0.2) is 4.52 Å². The van der Waals surface area contributed by atoms with Gasteiger partial charge in [0.15, 0.2) is 5.82 Å². The molecule has 2 N–H and O–H groups in total. The molecule has 0 radical (unpaired) electrons. The molecule has 3 rings (SSSR count). The Balaban J connectivity index is 1.77. The minimum absolute atomic E-state index is 0.307. The largest absolute Gasteiger partial charge is 0.348 e. The van der Waals surface area contributed by atoms with Gasteiger partial charge in [-0.15, -0.1) is 0 Å². The Bertz CT molecular complexity index is 385. The summed E-state index contributed by atoms with van der Waals surface area (Å²) in [7, 11) is 0. The van der Waals surface area contributed by atoms with E-state index in [1.54, 1.807) is 0 Å². The summed E-state index contributed by atoms with van der Waals surface area (Å²) in [6.07, 6.45) is 6.56. The summed E-state index contributed by atoms with van der Waals surface area (Å²) in [5.74, 6) is 1.69. The molecule has 0 aromatic carbocycles. The first-order valence-electron chi connectivity index (χ1n) is 5.64. The van der Waals surface area contributed by atoms with Gasteiger partial charge in [-0.05, 0) is 37.4 Å². The molecule has 2 aliphatic rings. The lowest BCUT2D eigenvalue weighted by atomic mass is 9.85. The van der Waals surface area contributed by atoms with Crippen molar-refractivity contribution < 1.29 is 4.52 Å². The van der Waals surface area contributed by atoms with Gasteiger partial charge in [-0.2, -0.15) is 4.98 Å². The highest BCUT2D eigenvalue weighted by atomic mass is 32.1. The third-order valence-electron chi connectivity index (χ3n) is 3.65. The number of nitrogens with one attached hydrogen (secondary N) is 2. The third kappa shape index (κ3) is 1.74. The van der Waals surface area contributed by atoms with Crippen molar-refractivity contribution in [2.24, 2.45) is 5.92 Å². The molecular weight excluding hydrogens is 210 g/mol. The first kappa shape index (κ1) is 9.54. The second-order valence-electron chi connectivity index (χ2n) is 4.57. The molecule has 2 fully saturated rings. The molecule has 1 aromatic rings. The SMILES string of the molecule is S=c1nc([C@@H]2C[C@@H]3CCCC[C@@H]3N2)[nH]o1. The quantitative estimate of drug-likeness (QED) is 0.720. The lowest BCUT2D eigenvalue weighted by Crippen LogP contribution is -2.30. The number of hydrogen-bond acceptors (Lipinski definition) is 4. The number of aromatic amines is 1. The van der Waals surface area contributed by atoms with Crippen LogP contribution in [0.4, 0.5) is 0 Å². The van der Waals surface area contributed by atoms with E-state index in [-0.39, 0.29) is 0 Å². The molecule has 1 aromatic heterocycles. The maximum Gasteiger partial charge on any atom is 0.314 e. The van der Waals surface area contributed by atoms with Crippen LogP contribution in [0.2, 0.25) is 0 Å². The normalized spacial score (nSPS) is 35.3. The van der Waals surface area contributed by atoms with Crippen LogP contribution in [-0.2, 0) is 0 Å². The second-order valence-corrected chi connectivity index (χ2v) is 4.92. The number of hydrogen-bond donors (Lipinski definition) is 2. The molecular formula is C10H15N3OS. The minimum atomic E-state index is 0.307. The van der Waals surface area contributed by atoms with Gasteiger partial charge in [0.25, 0.3) is 0 Å². The molecule has 2 heterocycles. The number of fused-ring (bicyclic) bond motifs is 1. The van der Waals surface area contributed by atoms with Gasteiger partial charge in [0, 0.05) is 6.04 Å². The topological polar surface area (TPSA) is 53.9 Å². The van der Waals surface area contributed by atoms with Gasteiger partial charge in [0.05, 0.1) is 6.04 Å². The Morgan fingerprint density at radius 1 is 1.33 bits per heavy atom. The van der Waals surface area contributed by atoms with Gasteiger partial charge < -0.3 is 9.84 Å². The van der Waals surface area contributed by atoms with Crippen LogP contribution in [0, 0.1) is 10.8 Å². The lowest BCUT2D eigenvalue weighted by molar-refractivity contribution is 0.325. The summed E-state index contributed by atoms with van der Waals surface area (Å²) in [5.41, 5.74) is 0. The van der Waals surface area contributed by atoms with Crippen LogP contribution in [-0.4, -0.2) is 16.2 Å². The highest BCUT2D eigenvalue weighted by molar-refractivity contribution is 7.71. The van der Waals surface area contributed by atoms with Crippen molar-refractivity contribution in [2.45, 2.75) is 44.2 Å². The van der Waals surface area contributed by atoms with E-state index < -0.39 is 0 Å². The van der Waals surface area contributed by atoms with Crippen molar-refractivity contribution in [3.8, 4) is 0 Å². The Labute approximate surface area is 93.4 Å². The predicted octanol–water partition coefficient (Wildman–Crippen LogP) is 2.33. The molecule has 1 aliphatic carbocycles. The highest BCUT2D eigenvalue weighted by Gasteiger charge is 2.36. The van der Waals surface area contributed by atoms with E-state index in [4.69, 9.17) is 16.7 Å². The van der Waals surface area contributed by atoms with Crippen molar-refractivity contribution in [1.82, 2.24) is 15.5 Å². The molecule has 0 spiro atoms. The summed E-state index contributed by atoms with van der Waals surface area (Å²) < 4.78 is 4.97. The zero-order valence-electron chi connectivity index (χ0n) is 8.53. The molecule has 1 aliphatic heterocycles. The molecule has 82 valence electrons. The Morgan fingerprint density at radius 2 is 2.20 bits per heavy atom. The smallest absolute Gasteiger partial charge is 0.314 e. The van der Waals surface area contributed by atoms with Crippen LogP contribution >= 0.6 is 12.2 Å². The van der Waals surface area contributed by atoms with Crippen molar-refractivity contribution >= 4 is 12.2 Å². The van der Waals surface area contributed by atoms with Gasteiger partial charge in [0.1, 0.15) is 0 Å². The maximum absolute atomic E-state index is 4.97. The number of nitrogens with zero attached hydrogens (tertiary/aromatic N) is 1. The fourth-order valence-electron chi connectivity index (χ4n) is 2.92. The second kappa shape index (κ2) is 3.72. The average Bonchev–Trinajstić information content (AvgIpc) is 2.82. The number of aromatic nitrogens is 2. The molecule has 0 bridgehead atoms. The van der Waals surface area contributed by atoms with Crippen LogP contribution in [0.25, 0.3) is 0 Å². The zero-order valence-corrected chi connectivity index (χ0v) is 9.35. The summed E-state index contributed by atoms with van der Waals surface area (Å²) >= 11 is 4.86. The highest BCUT2D eigenvalue weighted by Crippen LogP contribution is 2.37. The Kier molecular flexibility index (Phi) is 2.36. The minimum Gasteiger partial charge on any atom is -0.348 e. The molecule has 1 saturated carbocycles. The summed E-state index contributed by atoms with van der Waals surface area (Å²) in [6, 6.07) is 1.00. The van der Waals surface area contributed by atoms with E-state index in [0.717, 1.165) is 11.7 Å². The van der Waals surface area contributed by atoms with Crippen LogP contribution in [0.1, 0.15) is 44.0 Å². The first-order chi connectivity index (χ1) is 7.33. The monoisotopic (exact) mass is 225 g/mol. The number of rotatable bonds is 1. The fourth-order valence-corrected chi connectivity index (χ4v) is 3.06. The predicted molar refractivity (Wildman–Crippen MR) is 57.9 cm³/mol. The van der Waals surface area contributed by atoms with E-state index in [0.29, 0.717) is 16.9 Å². The zero-order chi connectivity index (χ0) is 10.3. The van der Waals surface area contributed by atoms with E-state index in [1.807, 2.05) is 0 Å². The Hall–Kier alpha value is -0.680. The van der Waals surface area contributed by atoms with Crippen molar-refractivity contribution in [2.75, 3.05) is 0 Å². The van der Waals surface area contributed by atoms with Gasteiger partial charge in [0.2, 0.25) is 0 Å². The lowest BCUT2D eigenvalue weighted by Gasteiger charge is -2.24. The van der Waals surface area contributed by atoms with Crippen molar-refractivity contribution in [3.63, 3.8) is 0 Å². The molecule has 3 atom stereocenters. The van der Waals surface area contributed by atoms with Crippen LogP contribution in [0.3, 0.4) is 0 Å². The maximum atomic E-state index is 4.97. The average molecular weight is 225 g/mol. The summed E-state index contributed by atoms with van der Waals surface area (Å²) in [4.78, 5) is 4.49. The van der Waals surface area contributed by atoms with E-state index in [9.17, 15) is 0 Å². The fraction of sp³-hybridized carbons (Fsp3) is 0.800. The van der Waals surface area contributed by atoms with Crippen LogP contribution < -0.4 is 5.32 Å². The number of H-pyrrole nitrogens is 1. The van der Waals surface area contributed by atoms with E-state index >= 15 is 0 Å². The molecule has 0 amide bonds. The third-order valence-corrected chi connectivity index (χ3v) is 3.82. The molecule has 4 nitrogen and oxygen atoms in total. The van der Waals surface area contributed by atoms with Crippen molar-refractivity contribution in [1.29, 1.82) is 0 Å². The molecule has 15 heavy (non-hydrogen) atoms. The first-order valence-corrected chi connectivity index (χ1v) is 6.05. The van der Waals surface area contributed by atoms with Gasteiger partial charge in [-0.25, -0.2) is 5.16 Å². The van der Waals surface area contributed by atoms with Gasteiger partial charge >= 0.3 is 4.84 Å². The van der Waals surface area contributed by atoms with E-state index in [1.165, 1.54) is 32.1 Å². The Morgan fingerprint density at radius 3 is 2.93 bits per heavy atom. The molecule has 5 heteroatoms. The van der Waals surface area contributed by atoms with Crippen molar-refractivity contribution in [3.05, 3.63) is 10.7 Å². The molecule has 0 unspecified atom stereocenters. The molecule has 1 saturated heterocycles. The standard InChI is InChI=1S/C10H15N3OS/c15-10-12-9(13-14-10)8-5-6-3-1-2-4-7(6)11-8/h6-8,11H,1-5H2,(H,12,13,15)/t6-,7-,8-/m0/s1.